The lowest BCUT2D eigenvalue weighted by Crippen LogP contribution is -2.42. The van der Waals surface area contributed by atoms with Crippen LogP contribution in [0.2, 0.25) is 5.02 Å². The Kier molecular flexibility index (Phi) is 5.55. The Morgan fingerprint density at radius 2 is 1.88 bits per heavy atom. The lowest BCUT2D eigenvalue weighted by molar-refractivity contribution is -0.119. The summed E-state index contributed by atoms with van der Waals surface area (Å²) in [7, 11) is -3.39. The summed E-state index contributed by atoms with van der Waals surface area (Å²) < 4.78 is 25.1. The number of sulfonamides is 1. The van der Waals surface area contributed by atoms with Crippen LogP contribution in [-0.2, 0) is 14.8 Å². The summed E-state index contributed by atoms with van der Waals surface area (Å²) in [6, 6.07) is 4.83. The van der Waals surface area contributed by atoms with E-state index in [-0.39, 0.29) is 5.91 Å². The van der Waals surface area contributed by atoms with Crippen LogP contribution in [0.4, 0.5) is 11.4 Å². The number of carbonyl (C=O) groups excluding carboxylic acids is 1. The molecule has 0 radical (unpaired) electrons. The van der Waals surface area contributed by atoms with E-state index in [1.54, 1.807) is 6.07 Å². The van der Waals surface area contributed by atoms with Gasteiger partial charge in [-0.3, -0.25) is 4.79 Å². The SMILES string of the molecule is CS(=O)(=O)N1CCCC1C(=O)Nc1cc(Cl)ccc1N1CCCCC1. The second-order valence-electron chi connectivity index (χ2n) is 6.73. The van der Waals surface area contributed by atoms with Crippen molar-refractivity contribution < 1.29 is 13.2 Å². The lowest BCUT2D eigenvalue weighted by Gasteiger charge is -2.31. The maximum Gasteiger partial charge on any atom is 0.242 e. The number of anilines is 2. The molecule has 138 valence electrons. The molecule has 1 aromatic carbocycles. The summed E-state index contributed by atoms with van der Waals surface area (Å²) in [4.78, 5) is 15.0. The van der Waals surface area contributed by atoms with Crippen LogP contribution in [0.25, 0.3) is 0 Å². The van der Waals surface area contributed by atoms with E-state index in [4.69, 9.17) is 11.6 Å². The average molecular weight is 386 g/mol. The molecule has 2 aliphatic rings. The minimum absolute atomic E-state index is 0.288. The highest BCUT2D eigenvalue weighted by Gasteiger charge is 2.36. The molecule has 1 aromatic rings. The van der Waals surface area contributed by atoms with Gasteiger partial charge in [0, 0.05) is 24.7 Å². The van der Waals surface area contributed by atoms with Gasteiger partial charge in [-0.25, -0.2) is 8.42 Å². The molecule has 1 atom stereocenters. The van der Waals surface area contributed by atoms with Gasteiger partial charge in [-0.05, 0) is 50.3 Å². The fourth-order valence-corrected chi connectivity index (χ4v) is 4.93. The number of piperidine rings is 1. The van der Waals surface area contributed by atoms with E-state index in [2.05, 4.69) is 10.2 Å². The number of rotatable bonds is 4. The van der Waals surface area contributed by atoms with Crippen molar-refractivity contribution in [3.8, 4) is 0 Å². The molecule has 0 spiro atoms. The summed E-state index contributed by atoms with van der Waals surface area (Å²) >= 11 is 6.12. The fourth-order valence-electron chi connectivity index (χ4n) is 3.63. The van der Waals surface area contributed by atoms with E-state index in [9.17, 15) is 13.2 Å². The van der Waals surface area contributed by atoms with Gasteiger partial charge in [-0.1, -0.05) is 11.6 Å². The van der Waals surface area contributed by atoms with Crippen LogP contribution in [0.1, 0.15) is 32.1 Å². The van der Waals surface area contributed by atoms with E-state index >= 15 is 0 Å². The third kappa shape index (κ3) is 4.27. The number of hydrogen-bond donors (Lipinski definition) is 1. The highest BCUT2D eigenvalue weighted by atomic mass is 35.5. The molecule has 6 nitrogen and oxygen atoms in total. The number of nitrogens with zero attached hydrogens (tertiary/aromatic N) is 2. The molecule has 2 heterocycles. The Bertz CT molecular complexity index is 748. The number of carbonyl (C=O) groups is 1. The van der Waals surface area contributed by atoms with Crippen molar-refractivity contribution in [3.05, 3.63) is 23.2 Å². The molecule has 1 amide bonds. The Morgan fingerprint density at radius 3 is 2.56 bits per heavy atom. The lowest BCUT2D eigenvalue weighted by atomic mass is 10.1. The molecule has 3 rings (SSSR count). The molecule has 0 bridgehead atoms. The Balaban J connectivity index is 1.82. The number of hydrogen-bond acceptors (Lipinski definition) is 4. The van der Waals surface area contributed by atoms with Crippen molar-refractivity contribution in [2.24, 2.45) is 0 Å². The van der Waals surface area contributed by atoms with Crippen molar-refractivity contribution >= 4 is 38.9 Å². The van der Waals surface area contributed by atoms with Gasteiger partial charge in [0.15, 0.2) is 0 Å². The predicted molar refractivity (Wildman–Crippen MR) is 101 cm³/mol. The number of amides is 1. The standard InChI is InChI=1S/C17H24ClN3O3S/c1-25(23,24)21-11-5-6-16(21)17(22)19-14-12-13(18)7-8-15(14)20-9-3-2-4-10-20/h7-8,12,16H,2-6,9-11H2,1H3,(H,19,22). The third-order valence-corrected chi connectivity index (χ3v) is 6.37. The van der Waals surface area contributed by atoms with Crippen molar-refractivity contribution in [3.63, 3.8) is 0 Å². The molecule has 2 fully saturated rings. The summed E-state index contributed by atoms with van der Waals surface area (Å²) in [5.41, 5.74) is 1.60. The number of nitrogens with one attached hydrogen (secondary N) is 1. The molecule has 0 saturated carbocycles. The van der Waals surface area contributed by atoms with Crippen LogP contribution in [-0.4, -0.2) is 50.6 Å². The molecule has 2 aliphatic heterocycles. The monoisotopic (exact) mass is 385 g/mol. The largest absolute Gasteiger partial charge is 0.370 e. The van der Waals surface area contributed by atoms with Gasteiger partial charge in [0.2, 0.25) is 15.9 Å². The molecule has 8 heteroatoms. The first-order chi connectivity index (χ1) is 11.9. The Hall–Kier alpha value is -1.31. The molecule has 1 N–H and O–H groups in total. The van der Waals surface area contributed by atoms with Gasteiger partial charge < -0.3 is 10.2 Å². The Labute approximate surface area is 154 Å². The first kappa shape index (κ1) is 18.5. The minimum atomic E-state index is -3.39. The summed E-state index contributed by atoms with van der Waals surface area (Å²) in [6.45, 7) is 2.29. The summed E-state index contributed by atoms with van der Waals surface area (Å²) in [5, 5.41) is 3.47. The zero-order valence-corrected chi connectivity index (χ0v) is 15.9. The number of benzene rings is 1. The van der Waals surface area contributed by atoms with Crippen molar-refractivity contribution in [2.45, 2.75) is 38.1 Å². The van der Waals surface area contributed by atoms with Crippen LogP contribution in [0.15, 0.2) is 18.2 Å². The van der Waals surface area contributed by atoms with Gasteiger partial charge >= 0.3 is 0 Å². The quantitative estimate of drug-likeness (QED) is 0.865. The summed E-state index contributed by atoms with van der Waals surface area (Å²) in [5.74, 6) is -0.288. The smallest absolute Gasteiger partial charge is 0.242 e. The molecule has 0 aliphatic carbocycles. The molecular weight excluding hydrogens is 362 g/mol. The Morgan fingerprint density at radius 1 is 1.16 bits per heavy atom. The van der Waals surface area contributed by atoms with E-state index in [0.717, 1.165) is 37.9 Å². The minimum Gasteiger partial charge on any atom is -0.370 e. The van der Waals surface area contributed by atoms with E-state index < -0.39 is 16.1 Å². The zero-order valence-electron chi connectivity index (χ0n) is 14.4. The predicted octanol–water partition coefficient (Wildman–Crippen LogP) is 2.69. The summed E-state index contributed by atoms with van der Waals surface area (Å²) in [6.07, 6.45) is 5.85. The van der Waals surface area contributed by atoms with Crippen LogP contribution in [0.3, 0.4) is 0 Å². The maximum atomic E-state index is 12.7. The fraction of sp³-hybridized carbons (Fsp3) is 0.588. The van der Waals surface area contributed by atoms with Crippen molar-refractivity contribution in [1.82, 2.24) is 4.31 Å². The first-order valence-electron chi connectivity index (χ1n) is 8.68. The second kappa shape index (κ2) is 7.51. The first-order valence-corrected chi connectivity index (χ1v) is 10.9. The second-order valence-corrected chi connectivity index (χ2v) is 9.10. The van der Waals surface area contributed by atoms with Gasteiger partial charge in [0.1, 0.15) is 6.04 Å². The van der Waals surface area contributed by atoms with Crippen LogP contribution in [0.5, 0.6) is 0 Å². The van der Waals surface area contributed by atoms with Gasteiger partial charge in [0.25, 0.3) is 0 Å². The van der Waals surface area contributed by atoms with Crippen LogP contribution < -0.4 is 10.2 Å². The topological polar surface area (TPSA) is 69.7 Å². The van der Waals surface area contributed by atoms with Crippen molar-refractivity contribution in [1.29, 1.82) is 0 Å². The normalized spacial score (nSPS) is 22.2. The average Bonchev–Trinajstić information content (AvgIpc) is 3.06. The van der Waals surface area contributed by atoms with E-state index in [1.807, 2.05) is 12.1 Å². The van der Waals surface area contributed by atoms with E-state index in [1.165, 1.54) is 10.7 Å². The highest BCUT2D eigenvalue weighted by molar-refractivity contribution is 7.88. The van der Waals surface area contributed by atoms with Gasteiger partial charge in [-0.2, -0.15) is 4.31 Å². The van der Waals surface area contributed by atoms with Crippen LogP contribution >= 0.6 is 11.6 Å². The van der Waals surface area contributed by atoms with E-state index in [0.29, 0.717) is 30.1 Å². The molecule has 0 aromatic heterocycles. The van der Waals surface area contributed by atoms with Crippen molar-refractivity contribution in [2.75, 3.05) is 36.1 Å². The highest BCUT2D eigenvalue weighted by Crippen LogP contribution is 2.32. The number of halogens is 1. The molecule has 2 saturated heterocycles. The van der Waals surface area contributed by atoms with Gasteiger partial charge in [0.05, 0.1) is 17.6 Å². The molecular formula is C17H24ClN3O3S. The molecule has 25 heavy (non-hydrogen) atoms. The molecule has 1 unspecified atom stereocenters. The zero-order chi connectivity index (χ0) is 18.0. The van der Waals surface area contributed by atoms with Crippen LogP contribution in [0, 0.1) is 0 Å². The maximum absolute atomic E-state index is 12.7. The van der Waals surface area contributed by atoms with Gasteiger partial charge in [-0.15, -0.1) is 0 Å². The third-order valence-electron chi connectivity index (χ3n) is 4.85.